The van der Waals surface area contributed by atoms with Crippen molar-refractivity contribution in [3.8, 4) is 0 Å². The minimum atomic E-state index is -1.32. The summed E-state index contributed by atoms with van der Waals surface area (Å²) >= 11 is 0. The largest absolute Gasteiger partial charge is 0.481 e. The molecule has 0 saturated carbocycles. The van der Waals surface area contributed by atoms with Crippen LogP contribution in [0.4, 0.5) is 0 Å². The van der Waals surface area contributed by atoms with Crippen LogP contribution in [0.1, 0.15) is 19.3 Å². The van der Waals surface area contributed by atoms with Crippen LogP contribution in [0, 0.1) is 0 Å². The summed E-state index contributed by atoms with van der Waals surface area (Å²) in [4.78, 5) is 31.1. The number of hydrogen-bond acceptors (Lipinski definition) is 3. The van der Waals surface area contributed by atoms with Gasteiger partial charge in [0.2, 0.25) is 0 Å². The number of carboxylic acids is 3. The summed E-state index contributed by atoms with van der Waals surface area (Å²) in [5.74, 6) is -3.66. The van der Waals surface area contributed by atoms with Gasteiger partial charge in [0.05, 0.1) is 19.3 Å². The van der Waals surface area contributed by atoms with Crippen molar-refractivity contribution in [1.82, 2.24) is 0 Å². The van der Waals surface area contributed by atoms with Gasteiger partial charge in [-0.1, -0.05) is 0 Å². The Morgan fingerprint density at radius 2 is 1.07 bits per heavy atom. The second-order valence-corrected chi connectivity index (χ2v) is 4.30. The average Bonchev–Trinajstić information content (AvgIpc) is 1.76. The third-order valence-corrected chi connectivity index (χ3v) is 2.12. The highest BCUT2D eigenvalue weighted by Crippen LogP contribution is 2.31. The van der Waals surface area contributed by atoms with Gasteiger partial charge in [0, 0.05) is 5.16 Å². The van der Waals surface area contributed by atoms with Gasteiger partial charge in [-0.25, -0.2) is 0 Å². The Kier molecular flexibility index (Phi) is 4.50. The molecule has 14 heavy (non-hydrogen) atoms. The lowest BCUT2D eigenvalue weighted by molar-refractivity contribution is -0.141. The topological polar surface area (TPSA) is 112 Å². The summed E-state index contributed by atoms with van der Waals surface area (Å²) in [6.45, 7) is 0. The molecule has 3 N–H and O–H groups in total. The molecule has 7 heteroatoms. The van der Waals surface area contributed by atoms with Crippen LogP contribution in [-0.4, -0.2) is 38.4 Å². The number of carboxylic acid groups (broad SMARTS) is 3. The summed E-state index contributed by atoms with van der Waals surface area (Å²) in [7, 11) is 2.01. The van der Waals surface area contributed by atoms with E-state index >= 15 is 0 Å². The molecule has 0 fully saturated rings. The normalized spacial score (nSPS) is 10.9. The van der Waals surface area contributed by atoms with Crippen molar-refractivity contribution in [1.29, 1.82) is 0 Å². The Morgan fingerprint density at radius 3 is 1.21 bits per heavy atom. The zero-order chi connectivity index (χ0) is 11.4. The molecule has 6 nitrogen and oxygen atoms in total. The van der Waals surface area contributed by atoms with Crippen molar-refractivity contribution < 1.29 is 29.7 Å². The highest BCUT2D eigenvalue weighted by atomic mass is 31.0. The van der Waals surface area contributed by atoms with E-state index < -0.39 is 42.3 Å². The fourth-order valence-electron chi connectivity index (χ4n) is 1.09. The highest BCUT2D eigenvalue weighted by Gasteiger charge is 2.33. The Bertz CT molecular complexity index is 220. The molecular weight excluding hydrogens is 211 g/mol. The monoisotopic (exact) mass is 222 g/mol. The molecule has 0 aromatic rings. The fraction of sp³-hybridized carbons (Fsp3) is 0.571. The molecule has 0 aliphatic carbocycles. The molecule has 1 unspecified atom stereocenters. The summed E-state index contributed by atoms with van der Waals surface area (Å²) in [6.07, 6.45) is -1.51. The van der Waals surface area contributed by atoms with Gasteiger partial charge in [-0.2, -0.15) is 0 Å². The molecule has 0 aliphatic heterocycles. The maximum absolute atomic E-state index is 10.4. The van der Waals surface area contributed by atoms with Crippen molar-refractivity contribution in [3.63, 3.8) is 0 Å². The van der Waals surface area contributed by atoms with Gasteiger partial charge >= 0.3 is 17.9 Å². The zero-order valence-corrected chi connectivity index (χ0v) is 8.42. The Morgan fingerprint density at radius 1 is 0.857 bits per heavy atom. The summed E-state index contributed by atoms with van der Waals surface area (Å²) in [5.41, 5.74) is 0. The highest BCUT2D eigenvalue weighted by molar-refractivity contribution is 7.19. The molecule has 0 spiro atoms. The Balaban J connectivity index is 4.56. The van der Waals surface area contributed by atoms with Crippen molar-refractivity contribution in [2.24, 2.45) is 0 Å². The molecule has 0 rings (SSSR count). The molecule has 0 amide bonds. The number of hydrogen-bond donors (Lipinski definition) is 3. The van der Waals surface area contributed by atoms with E-state index in [1.807, 2.05) is 9.24 Å². The van der Waals surface area contributed by atoms with Crippen LogP contribution >= 0.6 is 9.24 Å². The van der Waals surface area contributed by atoms with Gasteiger partial charge in [-0.05, 0) is 0 Å². The second-order valence-electron chi connectivity index (χ2n) is 3.07. The van der Waals surface area contributed by atoms with Gasteiger partial charge in [-0.3, -0.25) is 14.4 Å². The van der Waals surface area contributed by atoms with E-state index in [-0.39, 0.29) is 0 Å². The standard InChI is InChI=1S/C7H11O6P/c8-4(9)1-7(14,2-5(10)11)3-6(12)13/h1-3,14H2,(H,8,9)(H,10,11)(H,12,13). The Hall–Kier alpha value is -1.16. The predicted molar refractivity (Wildman–Crippen MR) is 49.2 cm³/mol. The van der Waals surface area contributed by atoms with E-state index in [9.17, 15) is 14.4 Å². The predicted octanol–water partition coefficient (Wildman–Crippen LogP) is 0.0244. The lowest BCUT2D eigenvalue weighted by atomic mass is 9.96. The molecular formula is C7H11O6P. The maximum Gasteiger partial charge on any atom is 0.304 e. The van der Waals surface area contributed by atoms with Crippen LogP contribution < -0.4 is 0 Å². The summed E-state index contributed by atoms with van der Waals surface area (Å²) in [6, 6.07) is 0. The van der Waals surface area contributed by atoms with Gasteiger partial charge in [0.25, 0.3) is 0 Å². The Labute approximate surface area is 82.1 Å². The molecule has 0 heterocycles. The number of aliphatic carboxylic acids is 3. The lowest BCUT2D eigenvalue weighted by Crippen LogP contribution is -2.30. The third-order valence-electron chi connectivity index (χ3n) is 1.51. The van der Waals surface area contributed by atoms with Gasteiger partial charge in [0.1, 0.15) is 0 Å². The van der Waals surface area contributed by atoms with Crippen LogP contribution in [0.5, 0.6) is 0 Å². The van der Waals surface area contributed by atoms with Crippen molar-refractivity contribution in [2.75, 3.05) is 0 Å². The van der Waals surface area contributed by atoms with E-state index in [2.05, 4.69) is 0 Å². The molecule has 0 radical (unpaired) electrons. The first kappa shape index (κ1) is 12.8. The van der Waals surface area contributed by atoms with Crippen molar-refractivity contribution in [2.45, 2.75) is 24.4 Å². The minimum absolute atomic E-state index is 0.504. The van der Waals surface area contributed by atoms with Gasteiger partial charge in [-0.15, -0.1) is 9.24 Å². The summed E-state index contributed by atoms with van der Waals surface area (Å²) < 4.78 is 0. The first-order valence-electron chi connectivity index (χ1n) is 3.69. The molecule has 1 atom stereocenters. The van der Waals surface area contributed by atoms with Crippen LogP contribution in [0.25, 0.3) is 0 Å². The minimum Gasteiger partial charge on any atom is -0.481 e. The number of carbonyl (C=O) groups is 3. The third kappa shape index (κ3) is 5.48. The maximum atomic E-state index is 10.4. The van der Waals surface area contributed by atoms with E-state index in [1.54, 1.807) is 0 Å². The van der Waals surface area contributed by atoms with Crippen LogP contribution in [0.2, 0.25) is 0 Å². The average molecular weight is 222 g/mol. The fourth-order valence-corrected chi connectivity index (χ4v) is 1.61. The van der Waals surface area contributed by atoms with Gasteiger partial charge < -0.3 is 15.3 Å². The van der Waals surface area contributed by atoms with Crippen LogP contribution in [0.3, 0.4) is 0 Å². The molecule has 80 valence electrons. The molecule has 0 aliphatic rings. The van der Waals surface area contributed by atoms with Crippen LogP contribution in [-0.2, 0) is 14.4 Å². The lowest BCUT2D eigenvalue weighted by Gasteiger charge is -2.23. The van der Waals surface area contributed by atoms with E-state index in [0.717, 1.165) is 0 Å². The summed E-state index contributed by atoms with van der Waals surface area (Å²) in [5, 5.41) is 24.1. The molecule has 0 bridgehead atoms. The smallest absolute Gasteiger partial charge is 0.304 e. The zero-order valence-electron chi connectivity index (χ0n) is 7.27. The van der Waals surface area contributed by atoms with E-state index in [1.165, 1.54) is 0 Å². The SMILES string of the molecule is O=C(O)CC(P)(CC(=O)O)CC(=O)O. The first-order valence-corrected chi connectivity index (χ1v) is 4.27. The van der Waals surface area contributed by atoms with Gasteiger partial charge in [0.15, 0.2) is 0 Å². The molecule has 0 aromatic heterocycles. The number of rotatable bonds is 6. The first-order chi connectivity index (χ1) is 6.25. The van der Waals surface area contributed by atoms with Crippen molar-refractivity contribution >= 4 is 27.1 Å². The quantitative estimate of drug-likeness (QED) is 0.546. The molecule has 0 saturated heterocycles. The van der Waals surface area contributed by atoms with Crippen LogP contribution in [0.15, 0.2) is 0 Å². The van der Waals surface area contributed by atoms with Crippen molar-refractivity contribution in [3.05, 3.63) is 0 Å². The van der Waals surface area contributed by atoms with E-state index in [0.29, 0.717) is 0 Å². The molecule has 0 aromatic carbocycles. The van der Waals surface area contributed by atoms with E-state index in [4.69, 9.17) is 15.3 Å². The second kappa shape index (κ2) is 4.91.